The molecule has 0 saturated heterocycles. The Morgan fingerprint density at radius 2 is 2.30 bits per heavy atom. The fourth-order valence-corrected chi connectivity index (χ4v) is 2.04. The van der Waals surface area contributed by atoms with E-state index in [0.717, 1.165) is 18.7 Å². The SMILES string of the molecule is Cc1ccc(C(C)(O)CNC(C)CCn2cccn2)o1. The third-order valence-electron chi connectivity index (χ3n) is 3.42. The molecular formula is C15H23N3O2. The molecule has 2 unspecified atom stereocenters. The average Bonchev–Trinajstić information content (AvgIpc) is 3.05. The zero-order chi connectivity index (χ0) is 14.6. The molecule has 2 aromatic heterocycles. The van der Waals surface area contributed by atoms with E-state index in [2.05, 4.69) is 17.3 Å². The van der Waals surface area contributed by atoms with Crippen LogP contribution in [0.15, 0.2) is 35.0 Å². The highest BCUT2D eigenvalue weighted by molar-refractivity contribution is 5.12. The molecule has 2 N–H and O–H groups in total. The lowest BCUT2D eigenvalue weighted by Crippen LogP contribution is -2.39. The van der Waals surface area contributed by atoms with Gasteiger partial charge in [0.25, 0.3) is 0 Å². The van der Waals surface area contributed by atoms with Crippen LogP contribution >= 0.6 is 0 Å². The molecule has 5 heteroatoms. The number of hydrogen-bond donors (Lipinski definition) is 2. The molecule has 0 aliphatic rings. The highest BCUT2D eigenvalue weighted by Crippen LogP contribution is 2.22. The summed E-state index contributed by atoms with van der Waals surface area (Å²) in [6.45, 7) is 7.06. The topological polar surface area (TPSA) is 63.2 Å². The Bertz CT molecular complexity index is 517. The zero-order valence-corrected chi connectivity index (χ0v) is 12.3. The first-order chi connectivity index (χ1) is 9.47. The van der Waals surface area contributed by atoms with Gasteiger partial charge < -0.3 is 14.8 Å². The molecule has 110 valence electrons. The van der Waals surface area contributed by atoms with Gasteiger partial charge in [-0.3, -0.25) is 4.68 Å². The fraction of sp³-hybridized carbons (Fsp3) is 0.533. The number of hydrogen-bond acceptors (Lipinski definition) is 4. The monoisotopic (exact) mass is 277 g/mol. The number of nitrogens with zero attached hydrogens (tertiary/aromatic N) is 2. The second kappa shape index (κ2) is 6.24. The van der Waals surface area contributed by atoms with Gasteiger partial charge in [0.2, 0.25) is 0 Å². The van der Waals surface area contributed by atoms with Gasteiger partial charge in [-0.15, -0.1) is 0 Å². The molecule has 2 atom stereocenters. The summed E-state index contributed by atoms with van der Waals surface area (Å²) in [7, 11) is 0. The maximum Gasteiger partial charge on any atom is 0.136 e. The number of nitrogens with one attached hydrogen (secondary N) is 1. The van der Waals surface area contributed by atoms with Crippen molar-refractivity contribution < 1.29 is 9.52 Å². The second-order valence-electron chi connectivity index (χ2n) is 5.52. The van der Waals surface area contributed by atoms with E-state index in [1.807, 2.05) is 36.0 Å². The highest BCUT2D eigenvalue weighted by Gasteiger charge is 2.26. The fourth-order valence-electron chi connectivity index (χ4n) is 2.04. The molecule has 0 bridgehead atoms. The number of aliphatic hydroxyl groups is 1. The van der Waals surface area contributed by atoms with Crippen LogP contribution in [0.2, 0.25) is 0 Å². The van der Waals surface area contributed by atoms with E-state index in [1.54, 1.807) is 13.1 Å². The summed E-state index contributed by atoms with van der Waals surface area (Å²) in [4.78, 5) is 0. The van der Waals surface area contributed by atoms with Crippen LogP contribution in [0.4, 0.5) is 0 Å². The second-order valence-corrected chi connectivity index (χ2v) is 5.52. The Morgan fingerprint density at radius 1 is 1.50 bits per heavy atom. The summed E-state index contributed by atoms with van der Waals surface area (Å²) >= 11 is 0. The number of aryl methyl sites for hydroxylation is 2. The third-order valence-corrected chi connectivity index (χ3v) is 3.42. The van der Waals surface area contributed by atoms with E-state index in [-0.39, 0.29) is 0 Å². The van der Waals surface area contributed by atoms with Gasteiger partial charge in [0.15, 0.2) is 0 Å². The molecule has 0 radical (unpaired) electrons. The predicted octanol–water partition coefficient (Wildman–Crippen LogP) is 2.06. The van der Waals surface area contributed by atoms with Crippen LogP contribution in [0.1, 0.15) is 31.8 Å². The summed E-state index contributed by atoms with van der Waals surface area (Å²) in [6.07, 6.45) is 4.69. The van der Waals surface area contributed by atoms with Gasteiger partial charge in [-0.05, 0) is 45.4 Å². The van der Waals surface area contributed by atoms with Gasteiger partial charge in [0.05, 0.1) is 0 Å². The van der Waals surface area contributed by atoms with Crippen LogP contribution < -0.4 is 5.32 Å². The molecule has 0 aliphatic heterocycles. The van der Waals surface area contributed by atoms with E-state index < -0.39 is 5.60 Å². The molecule has 5 nitrogen and oxygen atoms in total. The van der Waals surface area contributed by atoms with E-state index in [1.165, 1.54) is 0 Å². The Labute approximate surface area is 119 Å². The van der Waals surface area contributed by atoms with Crippen LogP contribution in [0.25, 0.3) is 0 Å². The maximum atomic E-state index is 10.4. The van der Waals surface area contributed by atoms with E-state index in [9.17, 15) is 5.11 Å². The van der Waals surface area contributed by atoms with E-state index in [4.69, 9.17) is 4.42 Å². The highest BCUT2D eigenvalue weighted by atomic mass is 16.4. The minimum absolute atomic E-state index is 0.293. The van der Waals surface area contributed by atoms with Crippen molar-refractivity contribution in [2.75, 3.05) is 6.54 Å². The largest absolute Gasteiger partial charge is 0.463 e. The quantitative estimate of drug-likeness (QED) is 0.813. The van der Waals surface area contributed by atoms with Crippen molar-refractivity contribution in [2.45, 2.75) is 45.4 Å². The lowest BCUT2D eigenvalue weighted by Gasteiger charge is -2.24. The van der Waals surface area contributed by atoms with Crippen LogP contribution in [-0.4, -0.2) is 27.5 Å². The van der Waals surface area contributed by atoms with Crippen molar-refractivity contribution in [3.8, 4) is 0 Å². The Kier molecular flexibility index (Phi) is 4.62. The van der Waals surface area contributed by atoms with Gasteiger partial charge in [-0.2, -0.15) is 5.10 Å². The number of aromatic nitrogens is 2. The smallest absolute Gasteiger partial charge is 0.136 e. The van der Waals surface area contributed by atoms with Crippen molar-refractivity contribution in [3.05, 3.63) is 42.1 Å². The molecule has 0 aliphatic carbocycles. The first kappa shape index (κ1) is 14.8. The zero-order valence-electron chi connectivity index (χ0n) is 12.3. The molecule has 2 heterocycles. The minimum atomic E-state index is -0.992. The molecular weight excluding hydrogens is 254 g/mol. The number of furan rings is 1. The summed E-state index contributed by atoms with van der Waals surface area (Å²) in [5.74, 6) is 1.41. The molecule has 0 spiro atoms. The molecule has 0 amide bonds. The number of rotatable bonds is 7. The van der Waals surface area contributed by atoms with Crippen LogP contribution in [0, 0.1) is 6.92 Å². The lowest BCUT2D eigenvalue weighted by molar-refractivity contribution is 0.0309. The van der Waals surface area contributed by atoms with Gasteiger partial charge in [-0.1, -0.05) is 0 Å². The van der Waals surface area contributed by atoms with Gasteiger partial charge in [-0.25, -0.2) is 0 Å². The minimum Gasteiger partial charge on any atom is -0.463 e. The normalized spacial score (nSPS) is 16.0. The Hall–Kier alpha value is -1.59. The summed E-state index contributed by atoms with van der Waals surface area (Å²) in [5, 5.41) is 17.9. The first-order valence-electron chi connectivity index (χ1n) is 6.97. The molecule has 2 aromatic rings. The van der Waals surface area contributed by atoms with Crippen LogP contribution in [-0.2, 0) is 12.1 Å². The summed E-state index contributed by atoms with van der Waals surface area (Å²) in [6, 6.07) is 5.90. The molecule has 20 heavy (non-hydrogen) atoms. The van der Waals surface area contributed by atoms with Crippen LogP contribution in [0.5, 0.6) is 0 Å². The van der Waals surface area contributed by atoms with Crippen molar-refractivity contribution in [2.24, 2.45) is 0 Å². The first-order valence-corrected chi connectivity index (χ1v) is 6.97. The summed E-state index contributed by atoms with van der Waals surface area (Å²) < 4.78 is 7.40. The van der Waals surface area contributed by atoms with Crippen molar-refractivity contribution >= 4 is 0 Å². The maximum absolute atomic E-state index is 10.4. The van der Waals surface area contributed by atoms with Gasteiger partial charge in [0.1, 0.15) is 17.1 Å². The van der Waals surface area contributed by atoms with Crippen molar-refractivity contribution in [3.63, 3.8) is 0 Å². The standard InChI is InChI=1S/C15H23N3O2/c1-12(7-10-18-9-4-8-17-18)16-11-15(3,19)14-6-5-13(2)20-14/h4-6,8-9,12,16,19H,7,10-11H2,1-3H3. The van der Waals surface area contributed by atoms with Gasteiger partial charge in [0, 0.05) is 31.5 Å². The third kappa shape index (κ3) is 3.95. The summed E-state index contributed by atoms with van der Waals surface area (Å²) in [5.41, 5.74) is -0.992. The van der Waals surface area contributed by atoms with Gasteiger partial charge >= 0.3 is 0 Å². The van der Waals surface area contributed by atoms with Crippen molar-refractivity contribution in [1.82, 2.24) is 15.1 Å². The molecule has 0 fully saturated rings. The van der Waals surface area contributed by atoms with E-state index in [0.29, 0.717) is 18.3 Å². The average molecular weight is 277 g/mol. The van der Waals surface area contributed by atoms with Crippen molar-refractivity contribution in [1.29, 1.82) is 0 Å². The predicted molar refractivity (Wildman–Crippen MR) is 77.3 cm³/mol. The Morgan fingerprint density at radius 3 is 2.90 bits per heavy atom. The lowest BCUT2D eigenvalue weighted by atomic mass is 10.0. The Balaban J connectivity index is 1.78. The van der Waals surface area contributed by atoms with Crippen LogP contribution in [0.3, 0.4) is 0 Å². The van der Waals surface area contributed by atoms with E-state index >= 15 is 0 Å². The molecule has 2 rings (SSSR count). The molecule has 0 aromatic carbocycles. The molecule has 0 saturated carbocycles.